The number of carboxylic acid groups (broad SMARTS) is 1. The summed E-state index contributed by atoms with van der Waals surface area (Å²) in [6.45, 7) is 1.62. The summed E-state index contributed by atoms with van der Waals surface area (Å²) >= 11 is 0. The van der Waals surface area contributed by atoms with E-state index in [9.17, 15) is 9.90 Å². The first kappa shape index (κ1) is 9.38. The van der Waals surface area contributed by atoms with Gasteiger partial charge >= 0.3 is 5.97 Å². The van der Waals surface area contributed by atoms with Gasteiger partial charge < -0.3 is 14.9 Å². The second-order valence-electron chi connectivity index (χ2n) is 2.65. The van der Waals surface area contributed by atoms with Gasteiger partial charge in [-0.1, -0.05) is 0 Å². The number of benzene rings is 1. The number of methoxy groups -OCH3 is 1. The Balaban J connectivity index is 3.30. The Hall–Kier alpha value is -1.71. The van der Waals surface area contributed by atoms with Gasteiger partial charge in [-0.05, 0) is 24.6 Å². The topological polar surface area (TPSA) is 66.8 Å². The van der Waals surface area contributed by atoms with Crippen LogP contribution < -0.4 is 4.74 Å². The van der Waals surface area contributed by atoms with Crippen molar-refractivity contribution >= 4 is 5.97 Å². The molecule has 70 valence electrons. The molecule has 0 aliphatic rings. The van der Waals surface area contributed by atoms with E-state index in [0.717, 1.165) is 0 Å². The molecule has 1 aromatic rings. The minimum absolute atomic E-state index is 0.0208. The van der Waals surface area contributed by atoms with Crippen LogP contribution in [0.1, 0.15) is 15.9 Å². The highest BCUT2D eigenvalue weighted by molar-refractivity contribution is 5.88. The van der Waals surface area contributed by atoms with Crippen LogP contribution in [0, 0.1) is 6.92 Å². The molecule has 0 unspecified atom stereocenters. The lowest BCUT2D eigenvalue weighted by Crippen LogP contribution is -1.98. The van der Waals surface area contributed by atoms with Gasteiger partial charge in [-0.25, -0.2) is 4.79 Å². The van der Waals surface area contributed by atoms with Gasteiger partial charge in [0.15, 0.2) is 11.5 Å². The Morgan fingerprint density at radius 2 is 2.08 bits per heavy atom. The van der Waals surface area contributed by atoms with Gasteiger partial charge in [0, 0.05) is 0 Å². The lowest BCUT2D eigenvalue weighted by atomic mass is 10.1. The quantitative estimate of drug-likeness (QED) is 0.725. The highest BCUT2D eigenvalue weighted by atomic mass is 16.5. The van der Waals surface area contributed by atoms with Crippen molar-refractivity contribution in [1.82, 2.24) is 0 Å². The Morgan fingerprint density at radius 1 is 1.46 bits per heavy atom. The molecule has 1 rings (SSSR count). The molecule has 0 heterocycles. The first-order valence-corrected chi connectivity index (χ1v) is 3.67. The van der Waals surface area contributed by atoms with Gasteiger partial charge in [-0.15, -0.1) is 0 Å². The van der Waals surface area contributed by atoms with Gasteiger partial charge in [-0.2, -0.15) is 0 Å². The molecular weight excluding hydrogens is 172 g/mol. The molecule has 0 aliphatic carbocycles. The number of rotatable bonds is 2. The number of phenols is 1. The highest BCUT2D eigenvalue weighted by Gasteiger charge is 2.10. The summed E-state index contributed by atoms with van der Waals surface area (Å²) < 4.78 is 4.80. The van der Waals surface area contributed by atoms with Crippen molar-refractivity contribution in [1.29, 1.82) is 0 Å². The van der Waals surface area contributed by atoms with E-state index in [2.05, 4.69) is 0 Å². The lowest BCUT2D eigenvalue weighted by Gasteiger charge is -2.06. The Kier molecular flexibility index (Phi) is 2.41. The van der Waals surface area contributed by atoms with Crippen molar-refractivity contribution < 1.29 is 19.7 Å². The molecule has 0 aliphatic heterocycles. The van der Waals surface area contributed by atoms with Gasteiger partial charge in [0.05, 0.1) is 12.7 Å². The normalized spacial score (nSPS) is 9.69. The standard InChI is InChI=1S/C9H10O4/c1-5-3-6(9(11)12)4-7(13-2)8(5)10/h3-4,10H,1-2H3,(H,11,12). The average Bonchev–Trinajstić information content (AvgIpc) is 2.09. The summed E-state index contributed by atoms with van der Waals surface area (Å²) in [5.41, 5.74) is 0.587. The first-order chi connectivity index (χ1) is 6.06. The summed E-state index contributed by atoms with van der Waals surface area (Å²) in [6, 6.07) is 2.67. The largest absolute Gasteiger partial charge is 0.504 e. The van der Waals surface area contributed by atoms with Gasteiger partial charge in [0.1, 0.15) is 0 Å². The second kappa shape index (κ2) is 3.35. The van der Waals surface area contributed by atoms with Crippen molar-refractivity contribution in [3.8, 4) is 11.5 Å². The smallest absolute Gasteiger partial charge is 0.335 e. The fourth-order valence-corrected chi connectivity index (χ4v) is 1.03. The van der Waals surface area contributed by atoms with E-state index >= 15 is 0 Å². The van der Waals surface area contributed by atoms with E-state index in [1.807, 2.05) is 0 Å². The number of aromatic carboxylic acids is 1. The maximum absolute atomic E-state index is 10.6. The average molecular weight is 182 g/mol. The predicted octanol–water partition coefficient (Wildman–Crippen LogP) is 1.41. The fourth-order valence-electron chi connectivity index (χ4n) is 1.03. The van der Waals surface area contributed by atoms with Crippen molar-refractivity contribution in [2.75, 3.05) is 7.11 Å². The zero-order valence-electron chi connectivity index (χ0n) is 7.37. The zero-order valence-corrected chi connectivity index (χ0v) is 7.37. The van der Waals surface area contributed by atoms with Crippen molar-refractivity contribution in [2.24, 2.45) is 0 Å². The number of ether oxygens (including phenoxy) is 1. The van der Waals surface area contributed by atoms with E-state index in [1.54, 1.807) is 6.92 Å². The number of carboxylic acids is 1. The van der Waals surface area contributed by atoms with Crippen molar-refractivity contribution in [2.45, 2.75) is 6.92 Å². The molecule has 4 heteroatoms. The van der Waals surface area contributed by atoms with Gasteiger partial charge in [-0.3, -0.25) is 0 Å². The van der Waals surface area contributed by atoms with Crippen LogP contribution in [0.4, 0.5) is 0 Å². The van der Waals surface area contributed by atoms with Crippen LogP contribution in [0.15, 0.2) is 12.1 Å². The SMILES string of the molecule is COc1cc(C(=O)O)cc(C)c1O. The number of carbonyl (C=O) groups is 1. The summed E-state index contributed by atoms with van der Waals surface area (Å²) in [7, 11) is 1.38. The Bertz CT molecular complexity index is 344. The maximum atomic E-state index is 10.6. The molecule has 0 saturated carbocycles. The predicted molar refractivity (Wildman–Crippen MR) is 46.4 cm³/mol. The van der Waals surface area contributed by atoms with Crippen molar-refractivity contribution in [3.05, 3.63) is 23.3 Å². The van der Waals surface area contributed by atoms with Crippen LogP contribution in [0.25, 0.3) is 0 Å². The molecule has 0 spiro atoms. The van der Waals surface area contributed by atoms with Crippen molar-refractivity contribution in [3.63, 3.8) is 0 Å². The summed E-state index contributed by atoms with van der Waals surface area (Å²) in [5.74, 6) is -0.883. The second-order valence-corrected chi connectivity index (χ2v) is 2.65. The van der Waals surface area contributed by atoms with Crippen LogP contribution in [0.2, 0.25) is 0 Å². The monoisotopic (exact) mass is 182 g/mol. The van der Waals surface area contributed by atoms with Crippen LogP contribution >= 0.6 is 0 Å². The van der Waals surface area contributed by atoms with Gasteiger partial charge in [0.2, 0.25) is 0 Å². The van der Waals surface area contributed by atoms with E-state index in [4.69, 9.17) is 9.84 Å². The first-order valence-electron chi connectivity index (χ1n) is 3.67. The minimum Gasteiger partial charge on any atom is -0.504 e. The molecule has 0 amide bonds. The number of hydrogen-bond acceptors (Lipinski definition) is 3. The fraction of sp³-hybridized carbons (Fsp3) is 0.222. The van der Waals surface area contributed by atoms with Crippen LogP contribution in [-0.2, 0) is 0 Å². The van der Waals surface area contributed by atoms with E-state index in [-0.39, 0.29) is 17.1 Å². The molecular formula is C9H10O4. The third kappa shape index (κ3) is 1.72. The molecule has 2 N–H and O–H groups in total. The molecule has 0 bridgehead atoms. The number of hydrogen-bond donors (Lipinski definition) is 2. The van der Waals surface area contributed by atoms with Crippen LogP contribution in [0.3, 0.4) is 0 Å². The summed E-state index contributed by atoms with van der Waals surface area (Å²) in [4.78, 5) is 10.6. The van der Waals surface area contributed by atoms with Crippen LogP contribution in [0.5, 0.6) is 11.5 Å². The minimum atomic E-state index is -1.04. The molecule has 1 aromatic carbocycles. The molecule has 13 heavy (non-hydrogen) atoms. The molecule has 0 aromatic heterocycles. The molecule has 0 fully saturated rings. The van der Waals surface area contributed by atoms with Gasteiger partial charge in [0.25, 0.3) is 0 Å². The van der Waals surface area contributed by atoms with E-state index in [0.29, 0.717) is 5.56 Å². The lowest BCUT2D eigenvalue weighted by molar-refractivity contribution is 0.0696. The Morgan fingerprint density at radius 3 is 2.54 bits per heavy atom. The number of aryl methyl sites for hydroxylation is 1. The molecule has 0 atom stereocenters. The highest BCUT2D eigenvalue weighted by Crippen LogP contribution is 2.30. The number of phenolic OH excluding ortho intramolecular Hbond substituents is 1. The summed E-state index contributed by atoms with van der Waals surface area (Å²) in [6.07, 6.45) is 0. The zero-order chi connectivity index (χ0) is 10.0. The molecule has 0 radical (unpaired) electrons. The van der Waals surface area contributed by atoms with E-state index in [1.165, 1.54) is 19.2 Å². The van der Waals surface area contributed by atoms with Crippen LogP contribution in [-0.4, -0.2) is 23.3 Å². The third-order valence-electron chi connectivity index (χ3n) is 1.73. The summed E-state index contributed by atoms with van der Waals surface area (Å²) in [5, 5.41) is 18.1. The third-order valence-corrected chi connectivity index (χ3v) is 1.73. The Labute approximate surface area is 75.4 Å². The number of aromatic hydroxyl groups is 1. The molecule has 4 nitrogen and oxygen atoms in total. The maximum Gasteiger partial charge on any atom is 0.335 e. The van der Waals surface area contributed by atoms with E-state index < -0.39 is 5.97 Å². The molecule has 0 saturated heterocycles.